The molecule has 7 nitrogen and oxygen atoms in total. The van der Waals surface area contributed by atoms with Crippen LogP contribution in [0.2, 0.25) is 0 Å². The molecule has 0 saturated carbocycles. The van der Waals surface area contributed by atoms with Crippen molar-refractivity contribution in [2.75, 3.05) is 0 Å². The van der Waals surface area contributed by atoms with E-state index in [4.69, 9.17) is 10.1 Å². The molecule has 0 spiro atoms. The number of thioether (sulfide) groups is 1. The quantitative estimate of drug-likeness (QED) is 0.571. The Labute approximate surface area is 192 Å². The van der Waals surface area contributed by atoms with E-state index in [0.717, 1.165) is 5.56 Å². The predicted molar refractivity (Wildman–Crippen MR) is 126 cm³/mol. The number of nitrogens with zero attached hydrogens (tertiary/aromatic N) is 4. The van der Waals surface area contributed by atoms with Crippen LogP contribution >= 0.6 is 11.8 Å². The average molecular weight is 457 g/mol. The fourth-order valence-corrected chi connectivity index (χ4v) is 4.08. The highest BCUT2D eigenvalue weighted by atomic mass is 32.2. The number of hydrazone groups is 1. The van der Waals surface area contributed by atoms with Gasteiger partial charge in [0.05, 0.1) is 5.57 Å². The Kier molecular flexibility index (Phi) is 5.54. The van der Waals surface area contributed by atoms with E-state index in [-0.39, 0.29) is 23.8 Å². The van der Waals surface area contributed by atoms with Gasteiger partial charge in [0.15, 0.2) is 5.84 Å². The minimum absolute atomic E-state index is 0.0451. The van der Waals surface area contributed by atoms with E-state index < -0.39 is 5.91 Å². The standard InChI is InChI=1S/C24H16FN5O2S/c25-20-6-2-1-4-17(20)14-32-18-9-7-15(8-10-18)12-19-21(26)30-24(28-22(19)31)33-23(29-30)16-5-3-11-27-13-16/h1-13,26H,14H2/b19-12-,26-21?. The van der Waals surface area contributed by atoms with Crippen LogP contribution in [0.4, 0.5) is 4.39 Å². The zero-order valence-corrected chi connectivity index (χ0v) is 17.9. The second kappa shape index (κ2) is 8.79. The lowest BCUT2D eigenvalue weighted by molar-refractivity contribution is -0.114. The number of hydrogen-bond acceptors (Lipinski definition) is 6. The summed E-state index contributed by atoms with van der Waals surface area (Å²) in [7, 11) is 0. The van der Waals surface area contributed by atoms with Crippen LogP contribution in [0, 0.1) is 11.2 Å². The zero-order chi connectivity index (χ0) is 22.8. The molecule has 0 bridgehead atoms. The molecule has 0 fully saturated rings. The number of amidine groups is 2. The maximum atomic E-state index is 13.7. The van der Waals surface area contributed by atoms with Gasteiger partial charge in [-0.2, -0.15) is 15.1 Å². The molecule has 9 heteroatoms. The number of pyridine rings is 1. The lowest BCUT2D eigenvalue weighted by Gasteiger charge is -2.20. The third-order valence-electron chi connectivity index (χ3n) is 4.91. The van der Waals surface area contributed by atoms with Crippen molar-refractivity contribution in [2.24, 2.45) is 10.1 Å². The van der Waals surface area contributed by atoms with Gasteiger partial charge in [0.2, 0.25) is 5.17 Å². The summed E-state index contributed by atoms with van der Waals surface area (Å²) in [6, 6.07) is 17.1. The van der Waals surface area contributed by atoms with Crippen LogP contribution in [0.25, 0.3) is 6.08 Å². The number of fused-ring (bicyclic) bond motifs is 1. The van der Waals surface area contributed by atoms with Crippen LogP contribution in [0.3, 0.4) is 0 Å². The van der Waals surface area contributed by atoms with Crippen molar-refractivity contribution in [1.82, 2.24) is 9.99 Å². The van der Waals surface area contributed by atoms with Crippen molar-refractivity contribution in [2.45, 2.75) is 6.61 Å². The molecule has 0 saturated heterocycles. The fraction of sp³-hybridized carbons (Fsp3) is 0.0417. The second-order valence-corrected chi connectivity index (χ2v) is 8.07. The Balaban J connectivity index is 1.32. The van der Waals surface area contributed by atoms with Crippen LogP contribution in [0.5, 0.6) is 5.75 Å². The Morgan fingerprint density at radius 2 is 1.91 bits per heavy atom. The highest BCUT2D eigenvalue weighted by molar-refractivity contribution is 8.27. The van der Waals surface area contributed by atoms with Crippen LogP contribution in [0.15, 0.2) is 88.7 Å². The van der Waals surface area contributed by atoms with Crippen molar-refractivity contribution in [3.63, 3.8) is 0 Å². The first-order valence-electron chi connectivity index (χ1n) is 9.95. The Bertz CT molecular complexity index is 1340. The molecule has 2 aliphatic rings. The Morgan fingerprint density at radius 3 is 2.67 bits per heavy atom. The predicted octanol–water partition coefficient (Wildman–Crippen LogP) is 4.47. The normalized spacial score (nSPS) is 16.5. The van der Waals surface area contributed by atoms with Gasteiger partial charge in [-0.25, -0.2) is 4.39 Å². The van der Waals surface area contributed by atoms with Crippen molar-refractivity contribution >= 4 is 39.8 Å². The molecule has 1 aromatic heterocycles. The van der Waals surface area contributed by atoms with Gasteiger partial charge in [0.1, 0.15) is 23.2 Å². The van der Waals surface area contributed by atoms with Crippen molar-refractivity contribution in [3.05, 3.63) is 101 Å². The van der Waals surface area contributed by atoms with Gasteiger partial charge in [0, 0.05) is 23.5 Å². The molecule has 0 unspecified atom stereocenters. The summed E-state index contributed by atoms with van der Waals surface area (Å²) in [6.07, 6.45) is 4.92. The summed E-state index contributed by atoms with van der Waals surface area (Å²) < 4.78 is 19.4. The number of carbonyl (C=O) groups excluding carboxylic acids is 1. The highest BCUT2D eigenvalue weighted by Gasteiger charge is 2.36. The summed E-state index contributed by atoms with van der Waals surface area (Å²) in [5.74, 6) is -0.299. The molecule has 2 aromatic carbocycles. The summed E-state index contributed by atoms with van der Waals surface area (Å²) in [6.45, 7) is 0.109. The maximum absolute atomic E-state index is 13.7. The Hall–Kier alpha value is -4.11. The van der Waals surface area contributed by atoms with E-state index in [9.17, 15) is 9.18 Å². The minimum Gasteiger partial charge on any atom is -0.489 e. The molecule has 0 radical (unpaired) electrons. The molecule has 2 aliphatic heterocycles. The lowest BCUT2D eigenvalue weighted by Crippen LogP contribution is -2.35. The monoisotopic (exact) mass is 457 g/mol. The van der Waals surface area contributed by atoms with E-state index in [1.807, 2.05) is 6.07 Å². The largest absolute Gasteiger partial charge is 0.489 e. The summed E-state index contributed by atoms with van der Waals surface area (Å²) in [4.78, 5) is 20.8. The molecule has 0 atom stereocenters. The molecule has 3 heterocycles. The van der Waals surface area contributed by atoms with Crippen LogP contribution < -0.4 is 4.74 Å². The van der Waals surface area contributed by atoms with Gasteiger partial charge < -0.3 is 4.74 Å². The first-order valence-corrected chi connectivity index (χ1v) is 10.8. The first-order chi connectivity index (χ1) is 16.1. The molecule has 1 N–H and O–H groups in total. The number of aromatic nitrogens is 1. The number of amides is 1. The van der Waals surface area contributed by atoms with Crippen LogP contribution in [-0.4, -0.2) is 31.9 Å². The SMILES string of the molecule is N=C1/C(=C/c2ccc(OCc3ccccc3F)cc2)C(=O)N=C2SC(c3cccnc3)=NN12. The second-order valence-electron chi connectivity index (χ2n) is 7.12. The van der Waals surface area contributed by atoms with E-state index in [1.54, 1.807) is 67.0 Å². The van der Waals surface area contributed by atoms with Crippen molar-refractivity contribution in [1.29, 1.82) is 5.41 Å². The molecule has 1 amide bonds. The minimum atomic E-state index is -0.499. The van der Waals surface area contributed by atoms with Crippen LogP contribution in [0.1, 0.15) is 16.7 Å². The van der Waals surface area contributed by atoms with Gasteiger partial charge in [0.25, 0.3) is 5.91 Å². The van der Waals surface area contributed by atoms with Crippen molar-refractivity contribution in [3.8, 4) is 5.75 Å². The van der Waals surface area contributed by atoms with Gasteiger partial charge in [-0.15, -0.1) is 0 Å². The topological polar surface area (TPSA) is 91.0 Å². The first kappa shape index (κ1) is 20.8. The van der Waals surface area contributed by atoms with Crippen LogP contribution in [-0.2, 0) is 11.4 Å². The summed E-state index contributed by atoms with van der Waals surface area (Å²) in [5, 5.41) is 15.2. The summed E-state index contributed by atoms with van der Waals surface area (Å²) >= 11 is 1.22. The maximum Gasteiger partial charge on any atom is 0.283 e. The third-order valence-corrected chi connectivity index (χ3v) is 5.86. The van der Waals surface area contributed by atoms with E-state index in [2.05, 4.69) is 15.1 Å². The number of carbonyl (C=O) groups is 1. The van der Waals surface area contributed by atoms with E-state index in [0.29, 0.717) is 27.1 Å². The summed E-state index contributed by atoms with van der Waals surface area (Å²) in [5.41, 5.74) is 2.09. The molecular formula is C24H16FN5O2S. The van der Waals surface area contributed by atoms with E-state index in [1.165, 1.54) is 22.8 Å². The van der Waals surface area contributed by atoms with Gasteiger partial charge in [-0.3, -0.25) is 15.2 Å². The Morgan fingerprint density at radius 1 is 1.09 bits per heavy atom. The molecule has 162 valence electrons. The fourth-order valence-electron chi connectivity index (χ4n) is 3.20. The number of benzene rings is 2. The number of rotatable bonds is 5. The molecule has 0 aliphatic carbocycles. The van der Waals surface area contributed by atoms with Crippen molar-refractivity contribution < 1.29 is 13.9 Å². The molecular weight excluding hydrogens is 441 g/mol. The average Bonchev–Trinajstić information content (AvgIpc) is 3.27. The van der Waals surface area contributed by atoms with E-state index >= 15 is 0 Å². The zero-order valence-electron chi connectivity index (χ0n) is 17.1. The molecule has 33 heavy (non-hydrogen) atoms. The number of ether oxygens (including phenoxy) is 1. The number of halogens is 1. The number of aliphatic imine (C=N–C) groups is 1. The molecule has 5 rings (SSSR count). The highest BCUT2D eigenvalue weighted by Crippen LogP contribution is 2.30. The number of nitrogens with one attached hydrogen (secondary N) is 1. The lowest BCUT2D eigenvalue weighted by atomic mass is 10.1. The van der Waals surface area contributed by atoms with Gasteiger partial charge in [-0.05, 0) is 53.7 Å². The molecule has 3 aromatic rings. The smallest absolute Gasteiger partial charge is 0.283 e. The number of hydrogen-bond donors (Lipinski definition) is 1. The van der Waals surface area contributed by atoms with Gasteiger partial charge >= 0.3 is 0 Å². The third kappa shape index (κ3) is 4.31. The van der Waals surface area contributed by atoms with Gasteiger partial charge in [-0.1, -0.05) is 30.3 Å².